The second-order valence-corrected chi connectivity index (χ2v) is 31.2. The largest absolute Gasteiger partial charge is 0.507 e. The molecule has 8 rings (SSSR count). The molecule has 0 heterocycles. The van der Waals surface area contributed by atoms with Crippen LogP contribution in [0.1, 0.15) is 154 Å². The van der Waals surface area contributed by atoms with E-state index in [1.807, 2.05) is 44.2 Å². The fourth-order valence-electron chi connectivity index (χ4n) is 10.0. The van der Waals surface area contributed by atoms with Crippen LogP contribution in [0.4, 0.5) is 0 Å². The van der Waals surface area contributed by atoms with Gasteiger partial charge >= 0.3 is 0 Å². The van der Waals surface area contributed by atoms with E-state index in [4.69, 9.17) is 0 Å². The van der Waals surface area contributed by atoms with Crippen molar-refractivity contribution in [3.05, 3.63) is 211 Å². The summed E-state index contributed by atoms with van der Waals surface area (Å²) in [5.41, 5.74) is 16.9. The van der Waals surface area contributed by atoms with Crippen molar-refractivity contribution in [1.82, 2.24) is 21.3 Å². The van der Waals surface area contributed by atoms with Crippen LogP contribution >= 0.6 is 34.3 Å². The summed E-state index contributed by atoms with van der Waals surface area (Å²) in [6, 6.07) is 47.8. The average molecular weight is 1280 g/mol. The van der Waals surface area contributed by atoms with E-state index in [1.54, 1.807) is 6.07 Å². The molecule has 4 unspecified atom stereocenters. The molecule has 0 saturated heterocycles. The summed E-state index contributed by atoms with van der Waals surface area (Å²) in [7, 11) is 1.90. The number of hydrogen-bond donors (Lipinski definition) is 8. The summed E-state index contributed by atoms with van der Waals surface area (Å²) >= 11 is 0. The van der Waals surface area contributed by atoms with Gasteiger partial charge in [-0.3, -0.25) is 0 Å². The minimum atomic E-state index is -0.0664. The standard InChI is InChI=1S/C22H32NOP.C19H26NOP.2C18H24NOP/c1-14(2)23-13-17-10-8-9-16(4)21(17)25-19-12-15(3)11-18(20(19)24)22(5,6)7;1-12(2)20-11-16-8-6-7-14(4)19(16)22-17-10-13(3)9-15(5)18(17)21;1-12(2)19-11-15-9-5-8-14(4)18(15)21-16-10-6-7-13(3)17(16)20;1-12(2)19-11-15-7-5-6-14(4)18(15)21-17-10-13(3)8-9-16(17)20/h8-12,14,23-25H,13H2,1-7H3;6-10,12,20-22H,11H2,1-5H3;2*5-10,12,19-21H,11H2,1-4H3. The molecule has 12 heteroatoms. The Bertz CT molecular complexity index is 3530. The van der Waals surface area contributed by atoms with E-state index in [9.17, 15) is 20.4 Å². The SMILES string of the molecule is Cc1cc(C)c(O)c(Pc2c(C)cccc2CNC(C)C)c1.Cc1cc(Pc2c(C)cccc2CNC(C)C)c(O)c(C(C)(C)C)c1.Cc1ccc(O)c(Pc2c(C)cccc2CNC(C)C)c1.Cc1cccc(Pc2c(C)cccc2CNC(C)C)c1O. The molecule has 0 fully saturated rings. The summed E-state index contributed by atoms with van der Waals surface area (Å²) in [4.78, 5) is 0. The van der Waals surface area contributed by atoms with E-state index in [1.165, 1.54) is 82.4 Å². The molecule has 4 atom stereocenters. The van der Waals surface area contributed by atoms with E-state index in [0.717, 1.165) is 64.1 Å². The third-order valence-corrected chi connectivity index (χ3v) is 21.7. The number of aryl methyl sites for hydroxylation is 9. The number of phenolic OH excluding ortho intramolecular Hbond substituents is 4. The molecule has 478 valence electrons. The van der Waals surface area contributed by atoms with Gasteiger partial charge in [0.2, 0.25) is 0 Å². The number of para-hydroxylation sites is 1. The van der Waals surface area contributed by atoms with Gasteiger partial charge in [0.1, 0.15) is 23.0 Å². The lowest BCUT2D eigenvalue weighted by Crippen LogP contribution is -2.25. The molecule has 0 aromatic heterocycles. The number of aromatic hydroxyl groups is 4. The Kier molecular flexibility index (Phi) is 29.5. The maximum absolute atomic E-state index is 10.9. The second kappa shape index (κ2) is 35.4. The highest BCUT2D eigenvalue weighted by Gasteiger charge is 2.22. The van der Waals surface area contributed by atoms with Crippen LogP contribution in [0.3, 0.4) is 0 Å². The molecule has 8 aromatic carbocycles. The monoisotopic (exact) mass is 1270 g/mol. The highest BCUT2D eigenvalue weighted by atomic mass is 31.1. The van der Waals surface area contributed by atoms with E-state index < -0.39 is 0 Å². The maximum Gasteiger partial charge on any atom is 0.127 e. The van der Waals surface area contributed by atoms with E-state index >= 15 is 0 Å². The minimum Gasteiger partial charge on any atom is -0.507 e. The Morgan fingerprint density at radius 3 is 1.02 bits per heavy atom. The Morgan fingerprint density at radius 1 is 0.326 bits per heavy atom. The zero-order chi connectivity index (χ0) is 65.9. The molecule has 8 aromatic rings. The van der Waals surface area contributed by atoms with Gasteiger partial charge in [0.25, 0.3) is 0 Å². The first kappa shape index (κ1) is 74.2. The highest BCUT2D eigenvalue weighted by molar-refractivity contribution is 7.57. The highest BCUT2D eigenvalue weighted by Crippen LogP contribution is 2.34. The molecule has 0 amide bonds. The topological polar surface area (TPSA) is 129 Å². The van der Waals surface area contributed by atoms with Crippen molar-refractivity contribution in [3.63, 3.8) is 0 Å². The van der Waals surface area contributed by atoms with Crippen LogP contribution < -0.4 is 63.7 Å². The predicted octanol–water partition coefficient (Wildman–Crippen LogP) is 14.2. The van der Waals surface area contributed by atoms with Crippen molar-refractivity contribution in [1.29, 1.82) is 0 Å². The second-order valence-electron chi connectivity index (χ2n) is 26.0. The summed E-state index contributed by atoms with van der Waals surface area (Å²) < 4.78 is 0. The first-order valence-electron chi connectivity index (χ1n) is 31.5. The van der Waals surface area contributed by atoms with Crippen LogP contribution in [0.15, 0.2) is 133 Å². The van der Waals surface area contributed by atoms with Gasteiger partial charge in [-0.1, -0.05) is 225 Å². The van der Waals surface area contributed by atoms with Gasteiger partial charge in [0, 0.05) is 77.1 Å². The fourth-order valence-corrected chi connectivity index (χ4v) is 15.7. The van der Waals surface area contributed by atoms with Crippen LogP contribution in [-0.2, 0) is 31.6 Å². The molecule has 0 saturated carbocycles. The minimum absolute atomic E-state index is 0.0664. The molecule has 8 nitrogen and oxygen atoms in total. The Hall–Kier alpha value is -5.48. The number of hydrogen-bond acceptors (Lipinski definition) is 8. The van der Waals surface area contributed by atoms with Crippen LogP contribution in [0.25, 0.3) is 0 Å². The van der Waals surface area contributed by atoms with Crippen molar-refractivity contribution >= 4 is 76.8 Å². The molecular formula is C77H106N4O4P4. The van der Waals surface area contributed by atoms with Gasteiger partial charge in [0.05, 0.1) is 0 Å². The van der Waals surface area contributed by atoms with Gasteiger partial charge in [0.15, 0.2) is 0 Å². The molecule has 89 heavy (non-hydrogen) atoms. The smallest absolute Gasteiger partial charge is 0.127 e. The van der Waals surface area contributed by atoms with Gasteiger partial charge in [-0.2, -0.15) is 0 Å². The number of rotatable bonds is 20. The average Bonchev–Trinajstić information content (AvgIpc) is 2.33. The summed E-state index contributed by atoms with van der Waals surface area (Å²) in [6.45, 7) is 46.0. The van der Waals surface area contributed by atoms with Crippen molar-refractivity contribution in [3.8, 4) is 23.0 Å². The van der Waals surface area contributed by atoms with Crippen molar-refractivity contribution < 1.29 is 20.4 Å². The third-order valence-electron chi connectivity index (χ3n) is 15.2. The lowest BCUT2D eigenvalue weighted by Gasteiger charge is -2.23. The van der Waals surface area contributed by atoms with Gasteiger partial charge in [-0.15, -0.1) is 0 Å². The lowest BCUT2D eigenvalue weighted by molar-refractivity contribution is 0.450. The Morgan fingerprint density at radius 2 is 0.640 bits per heavy atom. The van der Waals surface area contributed by atoms with Crippen LogP contribution in [0.2, 0.25) is 0 Å². The van der Waals surface area contributed by atoms with Crippen molar-refractivity contribution in [2.75, 3.05) is 0 Å². The van der Waals surface area contributed by atoms with Crippen molar-refractivity contribution in [2.24, 2.45) is 0 Å². The van der Waals surface area contributed by atoms with Crippen LogP contribution in [0.5, 0.6) is 23.0 Å². The van der Waals surface area contributed by atoms with Gasteiger partial charge in [-0.05, 0) is 180 Å². The number of nitrogens with one attached hydrogen (secondary N) is 4. The molecule has 0 bridgehead atoms. The first-order chi connectivity index (χ1) is 41.9. The molecule has 0 spiro atoms. The van der Waals surface area contributed by atoms with Crippen molar-refractivity contribution in [2.45, 2.75) is 194 Å². The molecule has 0 aliphatic rings. The molecule has 0 aliphatic carbocycles. The third kappa shape index (κ3) is 23.3. The molecular weight excluding hydrogens is 1170 g/mol. The van der Waals surface area contributed by atoms with E-state index in [2.05, 4.69) is 243 Å². The van der Waals surface area contributed by atoms with E-state index in [0.29, 0.717) is 81.5 Å². The number of benzene rings is 8. The molecule has 0 radical (unpaired) electrons. The Balaban J connectivity index is 0.000000216. The van der Waals surface area contributed by atoms with Crippen LogP contribution in [-0.4, -0.2) is 44.6 Å². The van der Waals surface area contributed by atoms with E-state index in [-0.39, 0.29) is 5.41 Å². The zero-order valence-electron chi connectivity index (χ0n) is 57.1. The van der Waals surface area contributed by atoms with Gasteiger partial charge < -0.3 is 41.7 Å². The Labute approximate surface area is 543 Å². The molecule has 8 N–H and O–H groups in total. The molecule has 0 aliphatic heterocycles. The zero-order valence-corrected chi connectivity index (χ0v) is 61.1. The lowest BCUT2D eigenvalue weighted by atomic mass is 9.85. The quantitative estimate of drug-likeness (QED) is 0.0355. The first-order valence-corrected chi connectivity index (χ1v) is 35.5. The summed E-state index contributed by atoms with van der Waals surface area (Å²) in [5.74, 6) is 1.73. The van der Waals surface area contributed by atoms with Crippen LogP contribution in [0, 0.1) is 62.3 Å². The fraction of sp³-hybridized carbons (Fsp3) is 0.377. The predicted molar refractivity (Wildman–Crippen MR) is 398 cm³/mol. The van der Waals surface area contributed by atoms with Gasteiger partial charge in [-0.25, -0.2) is 0 Å². The normalized spacial score (nSPS) is 11.9. The maximum atomic E-state index is 10.9. The summed E-state index contributed by atoms with van der Waals surface area (Å²) in [5, 5.41) is 65.1. The summed E-state index contributed by atoms with van der Waals surface area (Å²) in [6.07, 6.45) is 0. The number of phenols is 4.